The van der Waals surface area contributed by atoms with Gasteiger partial charge in [0.05, 0.1) is 71.0 Å². The van der Waals surface area contributed by atoms with Crippen molar-refractivity contribution < 1.29 is 132 Å². The van der Waals surface area contributed by atoms with Gasteiger partial charge in [0.1, 0.15) is 104 Å². The van der Waals surface area contributed by atoms with Gasteiger partial charge in [-0.1, -0.05) is 0 Å². The van der Waals surface area contributed by atoms with Crippen LogP contribution in [-0.2, 0) is 28.4 Å². The first-order valence-electron chi connectivity index (χ1n) is 34.8. The zero-order valence-electron chi connectivity index (χ0n) is 59.3. The van der Waals surface area contributed by atoms with E-state index in [1.165, 1.54) is 65.4 Å². The van der Waals surface area contributed by atoms with Gasteiger partial charge in [-0.25, -0.2) is 29.9 Å². The minimum atomic E-state index is -1.47. The minimum absolute atomic E-state index is 0.0440. The third kappa shape index (κ3) is 13.8. The van der Waals surface area contributed by atoms with Crippen LogP contribution in [0.5, 0.6) is 18.0 Å². The average molecular weight is 1650 g/mol. The number of nitrogens with two attached hydrogens (primary N) is 6. The Labute approximate surface area is 645 Å². The topological polar surface area (TPSA) is 804 Å². The van der Waals surface area contributed by atoms with E-state index >= 15 is 0 Å². The van der Waals surface area contributed by atoms with E-state index in [4.69, 9.17) is 77.0 Å². The van der Waals surface area contributed by atoms with E-state index in [0.717, 1.165) is 0 Å². The molecule has 12 aromatic rings. The fourth-order valence-electron chi connectivity index (χ4n) is 14.1. The monoisotopic (exact) mass is 1650 g/mol. The average Bonchev–Trinajstić information content (AvgIpc) is 1.62. The molecule has 18 rings (SSSR count). The molecule has 0 amide bonds. The summed E-state index contributed by atoms with van der Waals surface area (Å²) in [5, 5.41) is 153. The number of hydrogen-bond donors (Lipinski definition) is 21. The molecule has 27 N–H and O–H groups in total. The highest BCUT2D eigenvalue weighted by molar-refractivity contribution is 5.85. The number of aliphatic hydroxyl groups excluding tert-OH is 15. The number of hydrogen-bond acceptors (Lipinski definition) is 48. The van der Waals surface area contributed by atoms with Gasteiger partial charge < -0.3 is 154 Å². The molecule has 6 unspecified atom stereocenters. The molecule has 24 atom stereocenters. The van der Waals surface area contributed by atoms with E-state index in [1.54, 1.807) is 0 Å². The van der Waals surface area contributed by atoms with Crippen LogP contribution in [0.15, 0.2) is 38.0 Å². The number of halogens is 3. The Bertz CT molecular complexity index is 5680. The number of rotatable bonds is 18. The standard InChI is InChI=1S/3C20H23FN10O8/c21-19-26-13(22)7-15(28-19)30(3-24-7)18-11(36)12(6(2-33)38-18)39-20-27-14(23)8-16(29-20)31(4-25-8)17-10(35)9(34)5(1-32)37-17;21-19-26-13(22)7-15(28-19)31(4-25-7)18-12(10(35)6(2-33)38-18)39-20-27-14(23)8-16(29-20)30(3-24-8)17-11(36)9(34)5(1-32)37-17;21-19-26-13(22)7-15(28-19)30(3-24-7)18-12(36)10(34)6(39-18)2-37-20-27-14(23)8-16(29-20)31(4-25-8)17-11(35)9(33)5(1-32)38-17/h3*3-6,9-12,17-18,32-36H,1-2H2,(H2,22,26,28)(H2,23,27,29)/t5-,6-,9?,10-,11-,12?,17-,18-;2*5-,6-,9?,10?,11-,12-,17-,18-/m111/s1. The Morgan fingerprint density at radius 1 is 0.282 bits per heavy atom. The Morgan fingerprint density at radius 3 is 0.863 bits per heavy atom. The Kier molecular flexibility index (Phi) is 21.1. The number of imidazole rings is 6. The van der Waals surface area contributed by atoms with Gasteiger partial charge in [0.2, 0.25) is 0 Å². The zero-order valence-corrected chi connectivity index (χ0v) is 59.3. The van der Waals surface area contributed by atoms with Crippen molar-refractivity contribution in [2.75, 3.05) is 74.0 Å². The Morgan fingerprint density at radius 2 is 0.530 bits per heavy atom. The van der Waals surface area contributed by atoms with Crippen molar-refractivity contribution in [3.63, 3.8) is 0 Å². The second kappa shape index (κ2) is 31.1. The van der Waals surface area contributed by atoms with Gasteiger partial charge >= 0.3 is 36.3 Å². The molecule has 0 aliphatic carbocycles. The van der Waals surface area contributed by atoms with Crippen molar-refractivity contribution in [2.45, 2.75) is 147 Å². The zero-order chi connectivity index (χ0) is 82.8. The fourth-order valence-corrected chi connectivity index (χ4v) is 14.1. The maximum absolute atomic E-state index is 13.9. The van der Waals surface area contributed by atoms with E-state index in [-0.39, 0.29) is 127 Å². The van der Waals surface area contributed by atoms with Crippen molar-refractivity contribution in [1.82, 2.24) is 117 Å². The maximum atomic E-state index is 13.9. The molecular formula is C60H69F3N30O24. The number of fused-ring (bicyclic) bond motifs is 6. The molecule has 0 radical (unpaired) electrons. The summed E-state index contributed by atoms with van der Waals surface area (Å²) in [6.45, 7) is -3.12. The third-order valence-electron chi connectivity index (χ3n) is 19.9. The number of ether oxygens (including phenoxy) is 9. The van der Waals surface area contributed by atoms with E-state index in [1.807, 2.05) is 0 Å². The maximum Gasteiger partial charge on any atom is 0.321 e. The predicted octanol–water partition coefficient (Wildman–Crippen LogP) is -10.3. The smallest absolute Gasteiger partial charge is 0.321 e. The van der Waals surface area contributed by atoms with Crippen LogP contribution in [0.4, 0.5) is 48.1 Å². The third-order valence-corrected chi connectivity index (χ3v) is 19.9. The summed E-state index contributed by atoms with van der Waals surface area (Å²) in [5.41, 5.74) is 35.9. The summed E-state index contributed by atoms with van der Waals surface area (Å²) in [6, 6.07) is -0.944. The molecule has 57 heteroatoms. The van der Waals surface area contributed by atoms with Crippen LogP contribution in [0.2, 0.25) is 0 Å². The highest BCUT2D eigenvalue weighted by Gasteiger charge is 2.52. The summed E-state index contributed by atoms with van der Waals surface area (Å²) in [6.07, 6.45) is -26.1. The first kappa shape index (κ1) is 79.3. The van der Waals surface area contributed by atoms with Crippen molar-refractivity contribution in [3.05, 3.63) is 56.2 Å². The van der Waals surface area contributed by atoms with Crippen LogP contribution in [0, 0.1) is 18.2 Å². The van der Waals surface area contributed by atoms with Crippen LogP contribution >= 0.6 is 0 Å². The number of nitrogens with zero attached hydrogens (tertiary/aromatic N) is 24. The van der Waals surface area contributed by atoms with Crippen LogP contribution in [-0.4, -0.2) is 343 Å². The van der Waals surface area contributed by atoms with E-state index < -0.39 is 199 Å². The highest BCUT2D eigenvalue weighted by Crippen LogP contribution is 2.41. The lowest BCUT2D eigenvalue weighted by atomic mass is 10.1. The predicted molar refractivity (Wildman–Crippen MR) is 372 cm³/mol. The van der Waals surface area contributed by atoms with Gasteiger partial charge in [0, 0.05) is 0 Å². The van der Waals surface area contributed by atoms with Crippen molar-refractivity contribution in [1.29, 1.82) is 0 Å². The van der Waals surface area contributed by atoms with Gasteiger partial charge in [-0.05, 0) is 0 Å². The molecular weight excluding hydrogens is 1580 g/mol. The van der Waals surface area contributed by atoms with Gasteiger partial charge in [-0.15, -0.1) is 0 Å². The van der Waals surface area contributed by atoms with E-state index in [0.29, 0.717) is 0 Å². The second-order valence-electron chi connectivity index (χ2n) is 26.9. The van der Waals surface area contributed by atoms with Crippen LogP contribution in [0.3, 0.4) is 0 Å². The number of nitrogen functional groups attached to an aromatic ring is 6. The molecule has 6 aliphatic rings. The lowest BCUT2D eigenvalue weighted by Gasteiger charge is -2.22. The Balaban J connectivity index is 0.000000131. The molecule has 0 bridgehead atoms. The first-order valence-corrected chi connectivity index (χ1v) is 34.8. The molecule has 624 valence electrons. The summed E-state index contributed by atoms with van der Waals surface area (Å²) in [5.74, 6) is -0.945. The van der Waals surface area contributed by atoms with Crippen LogP contribution < -0.4 is 48.6 Å². The molecule has 117 heavy (non-hydrogen) atoms. The van der Waals surface area contributed by atoms with Crippen LogP contribution in [0.1, 0.15) is 37.4 Å². The van der Waals surface area contributed by atoms with Gasteiger partial charge in [0.15, 0.2) is 151 Å². The molecule has 0 saturated carbocycles. The van der Waals surface area contributed by atoms with Crippen molar-refractivity contribution in [2.24, 2.45) is 0 Å². The summed E-state index contributed by atoms with van der Waals surface area (Å²) in [4.78, 5) is 70.8. The fraction of sp³-hybridized carbons (Fsp3) is 0.500. The molecule has 54 nitrogen and oxygen atoms in total. The normalized spacial score (nSPS) is 31.0. The lowest BCUT2D eigenvalue weighted by molar-refractivity contribution is -0.0514. The van der Waals surface area contributed by atoms with Gasteiger partial charge in [-0.3, -0.25) is 27.4 Å². The van der Waals surface area contributed by atoms with Gasteiger partial charge in [0.25, 0.3) is 0 Å². The molecule has 6 fully saturated rings. The molecule has 12 aromatic heterocycles. The first-order chi connectivity index (χ1) is 56.1. The molecule has 18 heterocycles. The van der Waals surface area contributed by atoms with Crippen molar-refractivity contribution >= 4 is 102 Å². The largest absolute Gasteiger partial charge is 0.460 e. The number of aromatic nitrogens is 24. The molecule has 0 spiro atoms. The van der Waals surface area contributed by atoms with Crippen molar-refractivity contribution in [3.8, 4) is 18.0 Å². The molecule has 6 aliphatic heterocycles. The second-order valence-corrected chi connectivity index (χ2v) is 26.9. The summed E-state index contributed by atoms with van der Waals surface area (Å²) < 4.78 is 100. The highest BCUT2D eigenvalue weighted by atomic mass is 19.1. The summed E-state index contributed by atoms with van der Waals surface area (Å²) >= 11 is 0. The van der Waals surface area contributed by atoms with E-state index in [2.05, 4.69) is 89.7 Å². The van der Waals surface area contributed by atoms with E-state index in [9.17, 15) is 89.8 Å². The number of anilines is 6. The summed E-state index contributed by atoms with van der Waals surface area (Å²) in [7, 11) is 0. The van der Waals surface area contributed by atoms with Gasteiger partial charge in [-0.2, -0.15) is 73.0 Å². The number of aliphatic hydroxyl groups is 15. The van der Waals surface area contributed by atoms with Crippen LogP contribution in [0.25, 0.3) is 67.0 Å². The molecule has 6 saturated heterocycles. The Hall–Kier alpha value is -11.5. The quantitative estimate of drug-likeness (QED) is 0.0355. The SMILES string of the molecule is Nc1nc(F)nc2c1ncn2[C@@H]1O[C@H](COc2nc(N)c3ncn([C@@H]4O[C@H](CO)C(O)[C@H]4O)c3n2)C(O)[C@H]1O.Nc1nc(OC2[C@@H](O)[C@H](n3cnc4c(N)nc(F)nc43)O[C@@H]2CO)nc2c1ncn2[C@@H]1O[C@H](CO)C(O)[C@H]1O.Nc1nc(O[C@@H]2C(O)[C@@H](CO)O[C@H]2n2cnc3c(N)nc(F)nc32)nc2c1ncn2[C@@H]1O[C@H](CO)C(O)[C@H]1O. The minimum Gasteiger partial charge on any atom is -0.460 e. The lowest BCUT2D eigenvalue weighted by Crippen LogP contribution is -2.39. The molecule has 0 aromatic carbocycles.